The molecule has 0 aromatic heterocycles. The predicted octanol–water partition coefficient (Wildman–Crippen LogP) is 11.2. The van der Waals surface area contributed by atoms with E-state index < -0.39 is 0 Å². The van der Waals surface area contributed by atoms with Crippen LogP contribution in [0, 0.1) is 29.5 Å². The van der Waals surface area contributed by atoms with Gasteiger partial charge in [-0.3, -0.25) is 0 Å². The van der Waals surface area contributed by atoms with E-state index in [0.717, 1.165) is 29.2 Å². The molecule has 0 bridgehead atoms. The minimum absolute atomic E-state index is 0.166. The van der Waals surface area contributed by atoms with Gasteiger partial charge in [0.25, 0.3) is 0 Å². The Morgan fingerprint density at radius 1 is 0.611 bits per heavy atom. The van der Waals surface area contributed by atoms with Crippen LogP contribution in [-0.4, -0.2) is 0 Å². The lowest BCUT2D eigenvalue weighted by Gasteiger charge is -2.41. The number of hydrogen-bond donors (Lipinski definition) is 0. The first-order valence-electron chi connectivity index (χ1n) is 15.6. The van der Waals surface area contributed by atoms with Gasteiger partial charge in [-0.05, 0) is 65.3 Å². The fraction of sp³-hybridized carbons (Fsp3) is 0.657. The SMILES string of the molecule is CCCC(CCc1ccc(-c2ccc(F)cc2)cc1)C(C1CCCCCCC1)C1CCCCCCC1. The van der Waals surface area contributed by atoms with Gasteiger partial charge in [0, 0.05) is 0 Å². The third kappa shape index (κ3) is 8.19. The lowest BCUT2D eigenvalue weighted by molar-refractivity contribution is 0.0893. The third-order valence-corrected chi connectivity index (χ3v) is 9.53. The Labute approximate surface area is 221 Å². The largest absolute Gasteiger partial charge is 0.207 e. The van der Waals surface area contributed by atoms with E-state index in [1.54, 1.807) is 12.1 Å². The van der Waals surface area contributed by atoms with E-state index in [9.17, 15) is 4.39 Å². The van der Waals surface area contributed by atoms with Gasteiger partial charge >= 0.3 is 0 Å². The fourth-order valence-corrected chi connectivity index (χ4v) is 7.66. The number of hydrogen-bond acceptors (Lipinski definition) is 0. The molecular formula is C35H51F. The van der Waals surface area contributed by atoms with Crippen molar-refractivity contribution in [3.05, 3.63) is 59.9 Å². The van der Waals surface area contributed by atoms with E-state index in [1.165, 1.54) is 127 Å². The molecule has 2 aliphatic rings. The van der Waals surface area contributed by atoms with Crippen molar-refractivity contribution in [3.63, 3.8) is 0 Å². The Morgan fingerprint density at radius 2 is 1.06 bits per heavy atom. The molecule has 2 aromatic carbocycles. The van der Waals surface area contributed by atoms with Crippen LogP contribution in [0.5, 0.6) is 0 Å². The lowest BCUT2D eigenvalue weighted by atomic mass is 9.64. The van der Waals surface area contributed by atoms with Crippen molar-refractivity contribution < 1.29 is 4.39 Å². The molecule has 4 rings (SSSR count). The molecule has 0 N–H and O–H groups in total. The third-order valence-electron chi connectivity index (χ3n) is 9.53. The summed E-state index contributed by atoms with van der Waals surface area (Å²) < 4.78 is 13.3. The number of rotatable bonds is 9. The molecule has 2 fully saturated rings. The zero-order valence-electron chi connectivity index (χ0n) is 23.0. The van der Waals surface area contributed by atoms with Gasteiger partial charge in [-0.1, -0.05) is 146 Å². The van der Waals surface area contributed by atoms with Crippen LogP contribution in [0.4, 0.5) is 4.39 Å². The van der Waals surface area contributed by atoms with Crippen LogP contribution in [0.25, 0.3) is 11.1 Å². The maximum absolute atomic E-state index is 13.3. The lowest BCUT2D eigenvalue weighted by Crippen LogP contribution is -2.32. The molecule has 0 radical (unpaired) electrons. The summed E-state index contributed by atoms with van der Waals surface area (Å²) in [5.74, 6) is 3.58. The Morgan fingerprint density at radius 3 is 1.53 bits per heavy atom. The van der Waals surface area contributed by atoms with Gasteiger partial charge in [0.15, 0.2) is 0 Å². The molecule has 2 aliphatic carbocycles. The molecule has 1 heteroatoms. The van der Waals surface area contributed by atoms with Crippen molar-refractivity contribution in [2.24, 2.45) is 23.7 Å². The summed E-state index contributed by atoms with van der Waals surface area (Å²) in [5, 5.41) is 0. The first-order chi connectivity index (χ1) is 17.7. The van der Waals surface area contributed by atoms with E-state index in [1.807, 2.05) is 12.1 Å². The summed E-state index contributed by atoms with van der Waals surface area (Å²) in [5.41, 5.74) is 3.75. The molecule has 1 unspecified atom stereocenters. The molecular weight excluding hydrogens is 439 g/mol. The number of benzene rings is 2. The summed E-state index contributed by atoms with van der Waals surface area (Å²) in [7, 11) is 0. The molecule has 36 heavy (non-hydrogen) atoms. The van der Waals surface area contributed by atoms with Gasteiger partial charge in [0.05, 0.1) is 0 Å². The topological polar surface area (TPSA) is 0 Å². The van der Waals surface area contributed by atoms with Crippen molar-refractivity contribution in [1.82, 2.24) is 0 Å². The van der Waals surface area contributed by atoms with Crippen LogP contribution in [-0.2, 0) is 6.42 Å². The average Bonchev–Trinajstić information content (AvgIpc) is 2.85. The first-order valence-corrected chi connectivity index (χ1v) is 15.6. The van der Waals surface area contributed by atoms with Crippen molar-refractivity contribution in [1.29, 1.82) is 0 Å². The van der Waals surface area contributed by atoms with Crippen molar-refractivity contribution in [3.8, 4) is 11.1 Å². The van der Waals surface area contributed by atoms with Crippen molar-refractivity contribution in [2.75, 3.05) is 0 Å². The molecule has 2 aromatic rings. The molecule has 0 heterocycles. The average molecular weight is 491 g/mol. The van der Waals surface area contributed by atoms with Gasteiger partial charge in [-0.15, -0.1) is 0 Å². The van der Waals surface area contributed by atoms with E-state index >= 15 is 0 Å². The Hall–Kier alpha value is -1.63. The van der Waals surface area contributed by atoms with Gasteiger partial charge in [-0.25, -0.2) is 4.39 Å². The first kappa shape index (κ1) is 27.4. The second kappa shape index (κ2) is 14.9. The van der Waals surface area contributed by atoms with Crippen LogP contribution in [0.2, 0.25) is 0 Å². The summed E-state index contributed by atoms with van der Waals surface area (Å²) in [6.07, 6.45) is 25.9. The molecule has 0 amide bonds. The van der Waals surface area contributed by atoms with Crippen LogP contribution < -0.4 is 0 Å². The normalized spacial score (nSPS) is 19.9. The molecule has 198 valence electrons. The summed E-state index contributed by atoms with van der Waals surface area (Å²) in [4.78, 5) is 0. The van der Waals surface area contributed by atoms with Crippen LogP contribution in [0.15, 0.2) is 48.5 Å². The highest BCUT2D eigenvalue weighted by atomic mass is 19.1. The van der Waals surface area contributed by atoms with Crippen LogP contribution >= 0.6 is 0 Å². The fourth-order valence-electron chi connectivity index (χ4n) is 7.66. The predicted molar refractivity (Wildman–Crippen MR) is 154 cm³/mol. The van der Waals surface area contributed by atoms with Crippen molar-refractivity contribution in [2.45, 2.75) is 122 Å². The summed E-state index contributed by atoms with van der Waals surface area (Å²) in [6, 6.07) is 16.0. The summed E-state index contributed by atoms with van der Waals surface area (Å²) in [6.45, 7) is 2.41. The maximum atomic E-state index is 13.3. The van der Waals surface area contributed by atoms with Crippen LogP contribution in [0.3, 0.4) is 0 Å². The molecule has 2 saturated carbocycles. The van der Waals surface area contributed by atoms with Gasteiger partial charge < -0.3 is 0 Å². The number of aryl methyl sites for hydroxylation is 1. The second-order valence-electron chi connectivity index (χ2n) is 12.1. The van der Waals surface area contributed by atoms with E-state index in [-0.39, 0.29) is 5.82 Å². The van der Waals surface area contributed by atoms with E-state index in [0.29, 0.717) is 0 Å². The minimum Gasteiger partial charge on any atom is -0.207 e. The molecule has 0 aliphatic heterocycles. The monoisotopic (exact) mass is 490 g/mol. The van der Waals surface area contributed by atoms with Crippen LogP contribution in [0.1, 0.15) is 122 Å². The van der Waals surface area contributed by atoms with Gasteiger partial charge in [0.2, 0.25) is 0 Å². The smallest absolute Gasteiger partial charge is 0.123 e. The van der Waals surface area contributed by atoms with Gasteiger partial charge in [-0.2, -0.15) is 0 Å². The molecule has 0 spiro atoms. The molecule has 0 nitrogen and oxygen atoms in total. The second-order valence-corrected chi connectivity index (χ2v) is 12.1. The standard InChI is InChI=1S/C35H51F/c1-2-13-31(23-20-28-18-21-29(22-19-28)30-24-26-34(36)27-25-30)35(32-14-9-5-3-6-10-15-32)33-16-11-7-4-8-12-17-33/h18-19,21-22,24-27,31-33,35H,2-17,20,23H2,1H3. The zero-order chi connectivity index (χ0) is 25.0. The van der Waals surface area contributed by atoms with Crippen molar-refractivity contribution >= 4 is 0 Å². The molecule has 1 atom stereocenters. The Kier molecular flexibility index (Phi) is 11.4. The zero-order valence-corrected chi connectivity index (χ0v) is 23.0. The Bertz CT molecular complexity index is 813. The van der Waals surface area contributed by atoms with E-state index in [2.05, 4.69) is 31.2 Å². The highest BCUT2D eigenvalue weighted by Crippen LogP contribution is 2.44. The highest BCUT2D eigenvalue weighted by molar-refractivity contribution is 5.63. The highest BCUT2D eigenvalue weighted by Gasteiger charge is 2.35. The maximum Gasteiger partial charge on any atom is 0.123 e. The summed E-state index contributed by atoms with van der Waals surface area (Å²) >= 11 is 0. The minimum atomic E-state index is -0.166. The van der Waals surface area contributed by atoms with Gasteiger partial charge in [0.1, 0.15) is 5.82 Å². The molecule has 0 saturated heterocycles. The van der Waals surface area contributed by atoms with E-state index in [4.69, 9.17) is 0 Å². The quantitative estimate of drug-likeness (QED) is 0.328. The number of halogens is 1. The Balaban J connectivity index is 1.47.